The lowest BCUT2D eigenvalue weighted by molar-refractivity contribution is -0.124. The van der Waals surface area contributed by atoms with E-state index in [2.05, 4.69) is 10.9 Å². The van der Waals surface area contributed by atoms with Crippen LogP contribution in [0.1, 0.15) is 29.8 Å². The molecule has 0 aliphatic carbocycles. The van der Waals surface area contributed by atoms with Crippen LogP contribution in [-0.2, 0) is 4.79 Å². The van der Waals surface area contributed by atoms with Crippen molar-refractivity contribution >= 4 is 11.8 Å². The van der Waals surface area contributed by atoms with Gasteiger partial charge in [0.2, 0.25) is 5.91 Å². The van der Waals surface area contributed by atoms with E-state index in [-0.39, 0.29) is 17.7 Å². The molecule has 0 saturated carbocycles. The molecular formula is C12H16N2O2. The molecule has 0 aromatic heterocycles. The Balaban J connectivity index is 2.57. The Morgan fingerprint density at radius 1 is 1.19 bits per heavy atom. The highest BCUT2D eigenvalue weighted by molar-refractivity contribution is 5.95. The monoisotopic (exact) mass is 220 g/mol. The molecule has 1 rings (SSSR count). The fourth-order valence-corrected chi connectivity index (χ4v) is 1.12. The van der Waals surface area contributed by atoms with Gasteiger partial charge >= 0.3 is 0 Å². The highest BCUT2D eigenvalue weighted by Crippen LogP contribution is 2.03. The summed E-state index contributed by atoms with van der Waals surface area (Å²) in [6.07, 6.45) is 0. The Morgan fingerprint density at radius 2 is 1.88 bits per heavy atom. The number of hydrogen-bond donors (Lipinski definition) is 2. The summed E-state index contributed by atoms with van der Waals surface area (Å²) in [5.74, 6) is -0.670. The van der Waals surface area contributed by atoms with Crippen LogP contribution in [0.3, 0.4) is 0 Å². The summed E-state index contributed by atoms with van der Waals surface area (Å²) in [6, 6.07) is 7.17. The van der Waals surface area contributed by atoms with E-state index in [1.165, 1.54) is 0 Å². The van der Waals surface area contributed by atoms with Gasteiger partial charge in [-0.25, -0.2) is 0 Å². The summed E-state index contributed by atoms with van der Waals surface area (Å²) in [4.78, 5) is 22.8. The van der Waals surface area contributed by atoms with Crippen molar-refractivity contribution in [3.05, 3.63) is 35.4 Å². The van der Waals surface area contributed by atoms with Crippen molar-refractivity contribution in [3.63, 3.8) is 0 Å². The number of rotatable bonds is 2. The third kappa shape index (κ3) is 3.38. The van der Waals surface area contributed by atoms with Gasteiger partial charge in [0, 0.05) is 11.5 Å². The van der Waals surface area contributed by atoms with Crippen molar-refractivity contribution < 1.29 is 9.59 Å². The van der Waals surface area contributed by atoms with Crippen molar-refractivity contribution in [3.8, 4) is 0 Å². The molecule has 0 unspecified atom stereocenters. The average molecular weight is 220 g/mol. The second-order valence-electron chi connectivity index (χ2n) is 3.97. The van der Waals surface area contributed by atoms with E-state index in [9.17, 15) is 9.59 Å². The van der Waals surface area contributed by atoms with Gasteiger partial charge in [-0.3, -0.25) is 20.4 Å². The van der Waals surface area contributed by atoms with Gasteiger partial charge in [0.05, 0.1) is 0 Å². The minimum absolute atomic E-state index is 0.155. The lowest BCUT2D eigenvalue weighted by Crippen LogP contribution is -2.43. The molecule has 4 heteroatoms. The van der Waals surface area contributed by atoms with Gasteiger partial charge < -0.3 is 0 Å². The minimum atomic E-state index is -0.308. The van der Waals surface area contributed by atoms with Crippen LogP contribution in [0, 0.1) is 12.8 Å². The molecule has 0 atom stereocenters. The zero-order chi connectivity index (χ0) is 12.1. The number of carbonyl (C=O) groups is 2. The standard InChI is InChI=1S/C12H16N2O2/c1-8(2)11(15)13-14-12(16)10-6-4-5-9(3)7-10/h4-8H,1-3H3,(H,13,15)(H,14,16). The molecular weight excluding hydrogens is 204 g/mol. The molecule has 0 fully saturated rings. The van der Waals surface area contributed by atoms with E-state index in [4.69, 9.17) is 0 Å². The van der Waals surface area contributed by atoms with Gasteiger partial charge in [-0.15, -0.1) is 0 Å². The third-order valence-corrected chi connectivity index (χ3v) is 2.10. The van der Waals surface area contributed by atoms with E-state index in [0.717, 1.165) is 5.56 Å². The molecule has 86 valence electrons. The Bertz CT molecular complexity index is 400. The van der Waals surface area contributed by atoms with Gasteiger partial charge in [0.1, 0.15) is 0 Å². The number of carbonyl (C=O) groups excluding carboxylic acids is 2. The van der Waals surface area contributed by atoms with Gasteiger partial charge in [0.15, 0.2) is 0 Å². The largest absolute Gasteiger partial charge is 0.273 e. The van der Waals surface area contributed by atoms with E-state index >= 15 is 0 Å². The Labute approximate surface area is 95.0 Å². The molecule has 0 spiro atoms. The van der Waals surface area contributed by atoms with E-state index in [0.29, 0.717) is 5.56 Å². The number of nitrogens with one attached hydrogen (secondary N) is 2. The van der Waals surface area contributed by atoms with Crippen molar-refractivity contribution in [1.82, 2.24) is 10.9 Å². The number of hydrazine groups is 1. The molecule has 4 nitrogen and oxygen atoms in total. The van der Waals surface area contributed by atoms with Crippen LogP contribution in [-0.4, -0.2) is 11.8 Å². The van der Waals surface area contributed by atoms with E-state index in [1.54, 1.807) is 32.0 Å². The summed E-state index contributed by atoms with van der Waals surface area (Å²) < 4.78 is 0. The third-order valence-electron chi connectivity index (χ3n) is 2.10. The van der Waals surface area contributed by atoms with Gasteiger partial charge in [-0.05, 0) is 19.1 Å². The lowest BCUT2D eigenvalue weighted by Gasteiger charge is -2.09. The SMILES string of the molecule is Cc1cccc(C(=O)NNC(=O)C(C)C)c1. The quantitative estimate of drug-likeness (QED) is 0.740. The second kappa shape index (κ2) is 5.30. The van der Waals surface area contributed by atoms with E-state index in [1.807, 2.05) is 13.0 Å². The first-order valence-corrected chi connectivity index (χ1v) is 5.17. The van der Waals surface area contributed by atoms with E-state index < -0.39 is 0 Å². The van der Waals surface area contributed by atoms with Crippen LogP contribution in [0.4, 0.5) is 0 Å². The zero-order valence-corrected chi connectivity index (χ0v) is 9.70. The highest BCUT2D eigenvalue weighted by atomic mass is 16.2. The first-order valence-electron chi connectivity index (χ1n) is 5.17. The summed E-state index contributed by atoms with van der Waals surface area (Å²) >= 11 is 0. The maximum Gasteiger partial charge on any atom is 0.269 e. The smallest absolute Gasteiger partial charge is 0.269 e. The van der Waals surface area contributed by atoms with Gasteiger partial charge in [0.25, 0.3) is 5.91 Å². The molecule has 1 aromatic carbocycles. The summed E-state index contributed by atoms with van der Waals surface area (Å²) in [6.45, 7) is 5.42. The second-order valence-corrected chi connectivity index (χ2v) is 3.97. The van der Waals surface area contributed by atoms with Crippen LogP contribution in [0.2, 0.25) is 0 Å². The number of hydrogen-bond acceptors (Lipinski definition) is 2. The first kappa shape index (κ1) is 12.2. The van der Waals surface area contributed by atoms with Crippen LogP contribution in [0.5, 0.6) is 0 Å². The molecule has 0 aliphatic heterocycles. The van der Waals surface area contributed by atoms with Crippen molar-refractivity contribution in [2.45, 2.75) is 20.8 Å². The van der Waals surface area contributed by atoms with Crippen molar-refractivity contribution in [1.29, 1.82) is 0 Å². The van der Waals surface area contributed by atoms with Gasteiger partial charge in [-0.1, -0.05) is 31.5 Å². The van der Waals surface area contributed by atoms with Crippen molar-refractivity contribution in [2.75, 3.05) is 0 Å². The van der Waals surface area contributed by atoms with Crippen LogP contribution >= 0.6 is 0 Å². The number of aryl methyl sites for hydroxylation is 1. The molecule has 0 aliphatic rings. The van der Waals surface area contributed by atoms with Crippen molar-refractivity contribution in [2.24, 2.45) is 5.92 Å². The molecule has 0 heterocycles. The summed E-state index contributed by atoms with van der Waals surface area (Å²) in [7, 11) is 0. The fraction of sp³-hybridized carbons (Fsp3) is 0.333. The lowest BCUT2D eigenvalue weighted by atomic mass is 10.1. The molecule has 2 N–H and O–H groups in total. The molecule has 0 saturated heterocycles. The highest BCUT2D eigenvalue weighted by Gasteiger charge is 2.09. The normalized spacial score (nSPS) is 10.0. The average Bonchev–Trinajstić information content (AvgIpc) is 2.25. The molecule has 1 aromatic rings. The Morgan fingerprint density at radius 3 is 2.44 bits per heavy atom. The summed E-state index contributed by atoms with van der Waals surface area (Å²) in [5, 5.41) is 0. The number of amides is 2. The summed E-state index contributed by atoms with van der Waals surface area (Å²) in [5.41, 5.74) is 6.26. The first-order chi connectivity index (χ1) is 7.50. The number of benzene rings is 1. The molecule has 0 radical (unpaired) electrons. The maximum absolute atomic E-state index is 11.6. The zero-order valence-electron chi connectivity index (χ0n) is 9.70. The molecule has 16 heavy (non-hydrogen) atoms. The van der Waals surface area contributed by atoms with Crippen LogP contribution in [0.25, 0.3) is 0 Å². The Kier molecular flexibility index (Phi) is 4.05. The minimum Gasteiger partial charge on any atom is -0.273 e. The molecule has 0 bridgehead atoms. The van der Waals surface area contributed by atoms with Gasteiger partial charge in [-0.2, -0.15) is 0 Å². The topological polar surface area (TPSA) is 58.2 Å². The predicted molar refractivity (Wildman–Crippen MR) is 61.6 cm³/mol. The fourth-order valence-electron chi connectivity index (χ4n) is 1.12. The predicted octanol–water partition coefficient (Wildman–Crippen LogP) is 1.41. The van der Waals surface area contributed by atoms with Crippen LogP contribution in [0.15, 0.2) is 24.3 Å². The molecule has 2 amide bonds. The Hall–Kier alpha value is -1.84. The van der Waals surface area contributed by atoms with Crippen LogP contribution < -0.4 is 10.9 Å². The maximum atomic E-state index is 11.6.